The van der Waals surface area contributed by atoms with Crippen LogP contribution >= 0.6 is 11.8 Å². The van der Waals surface area contributed by atoms with Gasteiger partial charge in [0, 0.05) is 29.6 Å². The summed E-state index contributed by atoms with van der Waals surface area (Å²) in [6.45, 7) is 3.37. The van der Waals surface area contributed by atoms with Crippen LogP contribution in [0.2, 0.25) is 0 Å². The van der Waals surface area contributed by atoms with Gasteiger partial charge in [-0.25, -0.2) is 9.37 Å². The normalized spacial score (nSPS) is 16.2. The lowest BCUT2D eigenvalue weighted by Gasteiger charge is -2.13. The second kappa shape index (κ2) is 6.16. The van der Waals surface area contributed by atoms with Crippen LogP contribution < -0.4 is 10.9 Å². The number of aromatic nitrogens is 2. The minimum absolute atomic E-state index is 0.112. The predicted molar refractivity (Wildman–Crippen MR) is 87.4 cm³/mol. The van der Waals surface area contributed by atoms with E-state index in [0.29, 0.717) is 27.7 Å². The maximum absolute atomic E-state index is 13.5. The Morgan fingerprint density at radius 1 is 1.43 bits per heavy atom. The summed E-state index contributed by atoms with van der Waals surface area (Å²) in [7, 11) is 0. The minimum Gasteiger partial charge on any atom is -0.326 e. The third-order valence-corrected chi connectivity index (χ3v) is 4.89. The van der Waals surface area contributed by atoms with Gasteiger partial charge < -0.3 is 5.32 Å². The van der Waals surface area contributed by atoms with Crippen LogP contribution in [0, 0.1) is 19.7 Å². The zero-order valence-electron chi connectivity index (χ0n) is 12.8. The van der Waals surface area contributed by atoms with Gasteiger partial charge in [-0.05, 0) is 31.5 Å². The van der Waals surface area contributed by atoms with Crippen molar-refractivity contribution in [1.29, 1.82) is 0 Å². The van der Waals surface area contributed by atoms with Gasteiger partial charge in [0.2, 0.25) is 5.91 Å². The number of hydrogen-bond acceptors (Lipinski definition) is 4. The van der Waals surface area contributed by atoms with Gasteiger partial charge in [-0.3, -0.25) is 14.2 Å². The number of rotatable bonds is 3. The van der Waals surface area contributed by atoms with Gasteiger partial charge >= 0.3 is 0 Å². The van der Waals surface area contributed by atoms with Crippen molar-refractivity contribution in [3.05, 3.63) is 51.7 Å². The van der Waals surface area contributed by atoms with Crippen LogP contribution in [0.3, 0.4) is 0 Å². The molecule has 1 aliphatic rings. The Morgan fingerprint density at radius 2 is 2.22 bits per heavy atom. The zero-order valence-corrected chi connectivity index (χ0v) is 13.6. The van der Waals surface area contributed by atoms with E-state index in [-0.39, 0.29) is 29.7 Å². The third-order valence-electron chi connectivity index (χ3n) is 3.78. The van der Waals surface area contributed by atoms with Crippen LogP contribution in [0.15, 0.2) is 34.3 Å². The van der Waals surface area contributed by atoms with Crippen LogP contribution in [0.5, 0.6) is 0 Å². The molecule has 3 rings (SSSR count). The summed E-state index contributed by atoms with van der Waals surface area (Å²) >= 11 is 1.46. The first-order valence-corrected chi connectivity index (χ1v) is 8.21. The topological polar surface area (TPSA) is 64.0 Å². The van der Waals surface area contributed by atoms with Gasteiger partial charge in [0.1, 0.15) is 5.82 Å². The quantitative estimate of drug-likeness (QED) is 0.877. The maximum atomic E-state index is 13.5. The number of carbonyl (C=O) groups excluding carboxylic acids is 1. The fourth-order valence-corrected chi connectivity index (χ4v) is 3.57. The van der Waals surface area contributed by atoms with E-state index in [2.05, 4.69) is 10.3 Å². The Hall–Kier alpha value is -2.15. The summed E-state index contributed by atoms with van der Waals surface area (Å²) in [5.41, 5.74) is 1.39. The first kappa shape index (κ1) is 15.7. The highest BCUT2D eigenvalue weighted by molar-refractivity contribution is 7.99. The maximum Gasteiger partial charge on any atom is 0.257 e. The number of aryl methyl sites for hydroxylation is 2. The molecule has 2 aromatic rings. The highest BCUT2D eigenvalue weighted by Gasteiger charge is 2.27. The molecule has 0 fully saturated rings. The molecule has 0 bridgehead atoms. The molecule has 0 aliphatic carbocycles. The average Bonchev–Trinajstić information content (AvgIpc) is 2.90. The fourth-order valence-electron chi connectivity index (χ4n) is 2.47. The van der Waals surface area contributed by atoms with Crippen molar-refractivity contribution in [3.8, 4) is 0 Å². The minimum atomic E-state index is -0.361. The average molecular weight is 333 g/mol. The summed E-state index contributed by atoms with van der Waals surface area (Å²) in [6.07, 6.45) is 1.71. The molecule has 7 heteroatoms. The Bertz CT molecular complexity index is 835. The highest BCUT2D eigenvalue weighted by atomic mass is 32.2. The van der Waals surface area contributed by atoms with E-state index in [0.717, 1.165) is 0 Å². The highest BCUT2D eigenvalue weighted by Crippen LogP contribution is 2.32. The molecule has 5 nitrogen and oxygen atoms in total. The molecule has 0 spiro atoms. The van der Waals surface area contributed by atoms with Gasteiger partial charge in [-0.1, -0.05) is 17.8 Å². The third kappa shape index (κ3) is 3.14. The molecule has 1 atom stereocenters. The van der Waals surface area contributed by atoms with E-state index in [4.69, 9.17) is 0 Å². The van der Waals surface area contributed by atoms with Gasteiger partial charge in [0.25, 0.3) is 5.56 Å². The molecule has 1 aromatic heterocycles. The number of benzene rings is 1. The van der Waals surface area contributed by atoms with Gasteiger partial charge in [0.05, 0.1) is 6.04 Å². The van der Waals surface area contributed by atoms with Crippen molar-refractivity contribution < 1.29 is 9.18 Å². The Labute approximate surface area is 136 Å². The first-order valence-electron chi connectivity index (χ1n) is 7.22. The standard InChI is InChI=1S/C16H16FN3O2S/c1-9-3-4-11(5-13(9)17)19-14(21)6-12-8-23-16-18-7-10(2)15(22)20(12)16/h3-5,7,12H,6,8H2,1-2H3,(H,19,21)/t12-/m0/s1. The van der Waals surface area contributed by atoms with Crippen LogP contribution in [0.1, 0.15) is 23.6 Å². The van der Waals surface area contributed by atoms with E-state index in [1.807, 2.05) is 0 Å². The van der Waals surface area contributed by atoms with Crippen LogP contribution in [0.4, 0.5) is 10.1 Å². The molecule has 120 valence electrons. The number of nitrogens with one attached hydrogen (secondary N) is 1. The van der Waals surface area contributed by atoms with E-state index < -0.39 is 0 Å². The molecule has 1 N–H and O–H groups in total. The Kier molecular flexibility index (Phi) is 4.21. The summed E-state index contributed by atoms with van der Waals surface area (Å²) in [4.78, 5) is 28.6. The number of amides is 1. The summed E-state index contributed by atoms with van der Waals surface area (Å²) < 4.78 is 15.1. The smallest absolute Gasteiger partial charge is 0.257 e. The number of hydrogen-bond donors (Lipinski definition) is 1. The largest absolute Gasteiger partial charge is 0.326 e. The summed E-state index contributed by atoms with van der Waals surface area (Å²) in [5, 5.41) is 3.32. The summed E-state index contributed by atoms with van der Waals surface area (Å²) in [5.74, 6) is 0.0159. The molecule has 1 amide bonds. The molecular weight excluding hydrogens is 317 g/mol. The van der Waals surface area contributed by atoms with Crippen LogP contribution in [-0.4, -0.2) is 21.2 Å². The lowest BCUT2D eigenvalue weighted by Crippen LogP contribution is -2.28. The fraction of sp³-hybridized carbons (Fsp3) is 0.312. The van der Waals surface area contributed by atoms with Crippen molar-refractivity contribution in [2.75, 3.05) is 11.1 Å². The first-order chi connectivity index (χ1) is 11.0. The van der Waals surface area contributed by atoms with Crippen LogP contribution in [-0.2, 0) is 4.79 Å². The predicted octanol–water partition coefficient (Wildman–Crippen LogP) is 2.67. The van der Waals surface area contributed by atoms with E-state index in [1.165, 1.54) is 17.8 Å². The second-order valence-corrected chi connectivity index (χ2v) is 6.57. The molecule has 0 saturated carbocycles. The Balaban J connectivity index is 1.74. The molecule has 0 radical (unpaired) electrons. The van der Waals surface area contributed by atoms with Gasteiger partial charge in [0.15, 0.2) is 5.16 Å². The molecule has 1 aromatic carbocycles. The Morgan fingerprint density at radius 3 is 2.96 bits per heavy atom. The lowest BCUT2D eigenvalue weighted by molar-refractivity contribution is -0.116. The van der Waals surface area contributed by atoms with E-state index in [1.54, 1.807) is 36.7 Å². The molecule has 0 saturated heterocycles. The number of thioether (sulfide) groups is 1. The van der Waals surface area contributed by atoms with Gasteiger partial charge in [-0.2, -0.15) is 0 Å². The molecule has 1 aliphatic heterocycles. The van der Waals surface area contributed by atoms with Crippen molar-refractivity contribution in [3.63, 3.8) is 0 Å². The van der Waals surface area contributed by atoms with E-state index >= 15 is 0 Å². The van der Waals surface area contributed by atoms with Crippen molar-refractivity contribution >= 4 is 23.4 Å². The number of nitrogens with zero attached hydrogens (tertiary/aromatic N) is 2. The van der Waals surface area contributed by atoms with Crippen molar-refractivity contribution in [2.24, 2.45) is 0 Å². The van der Waals surface area contributed by atoms with E-state index in [9.17, 15) is 14.0 Å². The zero-order chi connectivity index (χ0) is 16.6. The number of halogens is 1. The van der Waals surface area contributed by atoms with Gasteiger partial charge in [-0.15, -0.1) is 0 Å². The SMILES string of the molecule is Cc1ccc(NC(=O)C[C@H]2CSc3ncc(C)c(=O)n32)cc1F. The summed E-state index contributed by atoms with van der Waals surface area (Å²) in [6, 6.07) is 4.34. The molecule has 2 heterocycles. The second-order valence-electron chi connectivity index (χ2n) is 5.58. The lowest BCUT2D eigenvalue weighted by atomic mass is 10.2. The number of carbonyl (C=O) groups is 1. The molecule has 23 heavy (non-hydrogen) atoms. The monoisotopic (exact) mass is 333 g/mol. The molecule has 0 unspecified atom stereocenters. The van der Waals surface area contributed by atoms with Crippen molar-refractivity contribution in [1.82, 2.24) is 9.55 Å². The number of anilines is 1. The van der Waals surface area contributed by atoms with Crippen molar-refractivity contribution in [2.45, 2.75) is 31.5 Å². The number of fused-ring (bicyclic) bond motifs is 1. The molecular formula is C16H16FN3O2S. The van der Waals surface area contributed by atoms with Crippen LogP contribution in [0.25, 0.3) is 0 Å².